The quantitative estimate of drug-likeness (QED) is 0.429. The normalized spacial score (nSPS) is 19.9. The van der Waals surface area contributed by atoms with Crippen molar-refractivity contribution in [1.29, 1.82) is 0 Å². The van der Waals surface area contributed by atoms with Gasteiger partial charge in [-0.05, 0) is 58.9 Å². The summed E-state index contributed by atoms with van der Waals surface area (Å²) in [5.41, 5.74) is 0.0146. The molecule has 1 heterocycles. The van der Waals surface area contributed by atoms with Crippen LogP contribution in [0.3, 0.4) is 0 Å². The van der Waals surface area contributed by atoms with Crippen LogP contribution in [0.5, 0.6) is 0 Å². The number of likely N-dealkylation sites (N-methyl/N-ethyl adjacent to an activating group) is 1. The predicted molar refractivity (Wildman–Crippen MR) is 128 cm³/mol. The van der Waals surface area contributed by atoms with Crippen LogP contribution < -0.4 is 5.32 Å². The molecule has 1 aliphatic rings. The summed E-state index contributed by atoms with van der Waals surface area (Å²) in [6.07, 6.45) is 5.35. The standard InChI is InChI=1S/C25H45N3O4/c1-10-19(16-18(5)24(31)32-11-2)27(9)23(30)21(25(6,7)8)26-22(29)20-14-12-13-15-28(20)17(3)4/h16-17,19-21H,10-15H2,1-9H3,(H,26,29)/b18-16+. The molecule has 1 saturated heterocycles. The van der Waals surface area contributed by atoms with Crippen LogP contribution in [-0.2, 0) is 19.1 Å². The maximum Gasteiger partial charge on any atom is 0.333 e. The summed E-state index contributed by atoms with van der Waals surface area (Å²) in [5, 5.41) is 3.08. The zero-order valence-corrected chi connectivity index (χ0v) is 21.7. The molecule has 1 N–H and O–H groups in total. The summed E-state index contributed by atoms with van der Waals surface area (Å²) in [7, 11) is 1.73. The van der Waals surface area contributed by atoms with Crippen LogP contribution >= 0.6 is 0 Å². The highest BCUT2D eigenvalue weighted by molar-refractivity contribution is 5.91. The average molecular weight is 452 g/mol. The Labute approximate surface area is 194 Å². The second-order valence-electron chi connectivity index (χ2n) is 10.1. The summed E-state index contributed by atoms with van der Waals surface area (Å²) in [5.74, 6) is -0.609. The van der Waals surface area contributed by atoms with Crippen molar-refractivity contribution in [3.63, 3.8) is 0 Å². The van der Waals surface area contributed by atoms with E-state index in [0.717, 1.165) is 25.8 Å². The number of likely N-dealkylation sites (tertiary alicyclic amines) is 1. The van der Waals surface area contributed by atoms with E-state index >= 15 is 0 Å². The van der Waals surface area contributed by atoms with E-state index in [-0.39, 0.29) is 35.9 Å². The van der Waals surface area contributed by atoms with Crippen LogP contribution in [0.1, 0.15) is 81.1 Å². The lowest BCUT2D eigenvalue weighted by Crippen LogP contribution is -2.60. The average Bonchev–Trinajstić information content (AvgIpc) is 2.73. The Balaban J connectivity index is 3.07. The third-order valence-corrected chi connectivity index (χ3v) is 6.21. The van der Waals surface area contributed by atoms with Crippen molar-refractivity contribution in [2.75, 3.05) is 20.2 Å². The van der Waals surface area contributed by atoms with E-state index < -0.39 is 11.5 Å². The molecular weight excluding hydrogens is 406 g/mol. The molecule has 1 fully saturated rings. The van der Waals surface area contributed by atoms with Crippen LogP contribution in [0.2, 0.25) is 0 Å². The largest absolute Gasteiger partial charge is 0.463 e. The minimum absolute atomic E-state index is 0.0774. The minimum Gasteiger partial charge on any atom is -0.463 e. The molecule has 0 spiro atoms. The van der Waals surface area contributed by atoms with Crippen LogP contribution in [0, 0.1) is 5.41 Å². The van der Waals surface area contributed by atoms with E-state index in [0.29, 0.717) is 18.6 Å². The van der Waals surface area contributed by atoms with E-state index in [2.05, 4.69) is 24.1 Å². The van der Waals surface area contributed by atoms with E-state index in [1.54, 1.807) is 31.9 Å². The predicted octanol–water partition coefficient (Wildman–Crippen LogP) is 3.53. The molecule has 1 rings (SSSR count). The van der Waals surface area contributed by atoms with Gasteiger partial charge in [0.2, 0.25) is 11.8 Å². The molecule has 3 atom stereocenters. The lowest BCUT2D eigenvalue weighted by atomic mass is 9.85. The van der Waals surface area contributed by atoms with Crippen molar-refractivity contribution in [3.8, 4) is 0 Å². The van der Waals surface area contributed by atoms with Crippen molar-refractivity contribution in [2.24, 2.45) is 5.41 Å². The van der Waals surface area contributed by atoms with Crippen LogP contribution in [-0.4, -0.2) is 72.0 Å². The number of hydrogen-bond donors (Lipinski definition) is 1. The van der Waals surface area contributed by atoms with Crippen LogP contribution in [0.4, 0.5) is 0 Å². The van der Waals surface area contributed by atoms with E-state index in [1.165, 1.54) is 0 Å². The van der Waals surface area contributed by atoms with Crippen LogP contribution in [0.15, 0.2) is 11.6 Å². The molecule has 3 unspecified atom stereocenters. The Morgan fingerprint density at radius 1 is 1.19 bits per heavy atom. The maximum atomic E-state index is 13.6. The second kappa shape index (κ2) is 12.4. The number of rotatable bonds is 9. The number of carbonyl (C=O) groups excluding carboxylic acids is 3. The molecule has 0 aromatic carbocycles. The number of nitrogens with zero attached hydrogens (tertiary/aromatic N) is 2. The van der Waals surface area contributed by atoms with Crippen molar-refractivity contribution >= 4 is 17.8 Å². The first-order valence-corrected chi connectivity index (χ1v) is 12.0. The number of nitrogens with one attached hydrogen (secondary N) is 1. The number of hydrogen-bond acceptors (Lipinski definition) is 5. The highest BCUT2D eigenvalue weighted by Crippen LogP contribution is 2.25. The van der Waals surface area contributed by atoms with E-state index in [9.17, 15) is 14.4 Å². The van der Waals surface area contributed by atoms with Gasteiger partial charge in [0, 0.05) is 18.7 Å². The van der Waals surface area contributed by atoms with Gasteiger partial charge in [-0.3, -0.25) is 14.5 Å². The molecule has 7 heteroatoms. The second-order valence-corrected chi connectivity index (χ2v) is 10.1. The Kier molecular flexibility index (Phi) is 10.9. The van der Waals surface area contributed by atoms with Crippen molar-refractivity contribution in [1.82, 2.24) is 15.1 Å². The number of amides is 2. The van der Waals surface area contributed by atoms with Gasteiger partial charge < -0.3 is 15.0 Å². The number of piperidine rings is 1. The third-order valence-electron chi connectivity index (χ3n) is 6.21. The van der Waals surface area contributed by atoms with Crippen molar-refractivity contribution in [2.45, 2.75) is 105 Å². The summed E-state index contributed by atoms with van der Waals surface area (Å²) in [6, 6.07) is -0.866. The van der Waals surface area contributed by atoms with Gasteiger partial charge in [-0.1, -0.05) is 40.2 Å². The molecule has 184 valence electrons. The molecule has 7 nitrogen and oxygen atoms in total. The smallest absolute Gasteiger partial charge is 0.333 e. The fourth-order valence-corrected chi connectivity index (χ4v) is 4.21. The Bertz CT molecular complexity index is 681. The summed E-state index contributed by atoms with van der Waals surface area (Å²) < 4.78 is 5.07. The number of carbonyl (C=O) groups is 3. The topological polar surface area (TPSA) is 79.0 Å². The fraction of sp³-hybridized carbons (Fsp3) is 0.800. The van der Waals surface area contributed by atoms with Crippen molar-refractivity contribution in [3.05, 3.63) is 11.6 Å². The fourth-order valence-electron chi connectivity index (χ4n) is 4.21. The lowest BCUT2D eigenvalue weighted by molar-refractivity contribution is -0.141. The molecule has 32 heavy (non-hydrogen) atoms. The van der Waals surface area contributed by atoms with Gasteiger partial charge in [-0.2, -0.15) is 0 Å². The molecular formula is C25H45N3O4. The van der Waals surface area contributed by atoms with Gasteiger partial charge in [0.15, 0.2) is 0 Å². The molecule has 1 aliphatic heterocycles. The SMILES string of the molecule is CCOC(=O)/C(C)=C/C(CC)N(C)C(=O)C(NC(=O)C1CCCCN1C(C)C)C(C)(C)C. The van der Waals surface area contributed by atoms with Crippen molar-refractivity contribution < 1.29 is 19.1 Å². The third kappa shape index (κ3) is 7.61. The van der Waals surface area contributed by atoms with Gasteiger partial charge in [0.1, 0.15) is 6.04 Å². The highest BCUT2D eigenvalue weighted by Gasteiger charge is 2.39. The zero-order chi connectivity index (χ0) is 24.6. The molecule has 0 aromatic heterocycles. The number of esters is 1. The molecule has 0 saturated carbocycles. The summed E-state index contributed by atoms with van der Waals surface area (Å²) in [4.78, 5) is 42.7. The van der Waals surface area contributed by atoms with Gasteiger partial charge in [-0.15, -0.1) is 0 Å². The maximum absolute atomic E-state index is 13.6. The highest BCUT2D eigenvalue weighted by atomic mass is 16.5. The summed E-state index contributed by atoms with van der Waals surface area (Å²) >= 11 is 0. The van der Waals surface area contributed by atoms with E-state index in [4.69, 9.17) is 4.74 Å². The lowest BCUT2D eigenvalue weighted by Gasteiger charge is -2.40. The molecule has 0 bridgehead atoms. The summed E-state index contributed by atoms with van der Waals surface area (Å²) in [6.45, 7) is 16.7. The van der Waals surface area contributed by atoms with Gasteiger partial charge in [-0.25, -0.2) is 4.79 Å². The van der Waals surface area contributed by atoms with E-state index in [1.807, 2.05) is 27.7 Å². The Hall–Kier alpha value is -1.89. The molecule has 2 amide bonds. The van der Waals surface area contributed by atoms with Gasteiger partial charge >= 0.3 is 5.97 Å². The Morgan fingerprint density at radius 3 is 2.31 bits per heavy atom. The molecule has 0 aliphatic carbocycles. The zero-order valence-electron chi connectivity index (χ0n) is 21.7. The Morgan fingerprint density at radius 2 is 1.81 bits per heavy atom. The van der Waals surface area contributed by atoms with Gasteiger partial charge in [0.05, 0.1) is 18.7 Å². The molecule has 0 radical (unpaired) electrons. The number of ether oxygens (including phenoxy) is 1. The first-order chi connectivity index (χ1) is 14.8. The first kappa shape index (κ1) is 28.1. The van der Waals surface area contributed by atoms with Crippen LogP contribution in [0.25, 0.3) is 0 Å². The van der Waals surface area contributed by atoms with Gasteiger partial charge in [0.25, 0.3) is 0 Å². The molecule has 0 aromatic rings. The minimum atomic E-state index is -0.665. The first-order valence-electron chi connectivity index (χ1n) is 12.0. The monoisotopic (exact) mass is 451 g/mol.